The molecule has 6 heteroatoms. The van der Waals surface area contributed by atoms with E-state index in [4.69, 9.17) is 0 Å². The number of nitrogens with one attached hydrogen (secondary N) is 2. The molecule has 2 aromatic heterocycles. The molecule has 0 aromatic carbocycles. The molecule has 3 N–H and O–H groups in total. The van der Waals surface area contributed by atoms with Crippen molar-refractivity contribution < 1.29 is 9.90 Å². The number of rotatable bonds is 4. The molecule has 1 amide bonds. The van der Waals surface area contributed by atoms with Gasteiger partial charge in [0, 0.05) is 17.1 Å². The summed E-state index contributed by atoms with van der Waals surface area (Å²) in [5, 5.41) is 15.5. The van der Waals surface area contributed by atoms with Gasteiger partial charge in [-0.25, -0.2) is 4.98 Å². The number of nitrogens with zero attached hydrogens (tertiary/aromatic N) is 1. The van der Waals surface area contributed by atoms with Crippen LogP contribution in [0.3, 0.4) is 0 Å². The molecule has 0 aliphatic heterocycles. The zero-order valence-corrected chi connectivity index (χ0v) is 12.8. The highest BCUT2D eigenvalue weighted by Crippen LogP contribution is 2.29. The van der Waals surface area contributed by atoms with Gasteiger partial charge >= 0.3 is 0 Å². The number of amides is 1. The Bertz CT molecular complexity index is 641. The number of aromatic amines is 1. The van der Waals surface area contributed by atoms with E-state index >= 15 is 0 Å². The maximum Gasteiger partial charge on any atom is 0.268 e. The maximum atomic E-state index is 12.3. The minimum absolute atomic E-state index is 0.00239. The maximum absolute atomic E-state index is 12.3. The van der Waals surface area contributed by atoms with E-state index in [9.17, 15) is 9.90 Å². The zero-order valence-electron chi connectivity index (χ0n) is 12.0. The third kappa shape index (κ3) is 2.87. The van der Waals surface area contributed by atoms with Gasteiger partial charge in [-0.3, -0.25) is 4.79 Å². The van der Waals surface area contributed by atoms with Crippen LogP contribution in [0.1, 0.15) is 41.2 Å². The number of carbonyl (C=O) groups excluding carboxylic acids is 1. The van der Waals surface area contributed by atoms with Gasteiger partial charge in [0.15, 0.2) is 0 Å². The quantitative estimate of drug-likeness (QED) is 0.812. The van der Waals surface area contributed by atoms with Crippen LogP contribution >= 0.6 is 11.3 Å². The normalized spacial score (nSPS) is 17.0. The molecule has 1 saturated carbocycles. The zero-order chi connectivity index (χ0) is 14.9. The molecule has 2 heterocycles. The minimum Gasteiger partial charge on any atom is -0.394 e. The van der Waals surface area contributed by atoms with Gasteiger partial charge in [0.25, 0.3) is 5.91 Å². The Balaban J connectivity index is 1.75. The summed E-state index contributed by atoms with van der Waals surface area (Å²) >= 11 is 1.59. The van der Waals surface area contributed by atoms with Crippen LogP contribution in [0.5, 0.6) is 0 Å². The number of carbonyl (C=O) groups is 1. The first kappa shape index (κ1) is 14.3. The molecule has 0 atom stereocenters. The van der Waals surface area contributed by atoms with Crippen molar-refractivity contribution >= 4 is 17.2 Å². The number of aliphatic hydroxyl groups is 1. The highest BCUT2D eigenvalue weighted by atomic mass is 32.1. The second kappa shape index (κ2) is 5.61. The number of hydrogen-bond acceptors (Lipinski definition) is 4. The molecule has 1 fully saturated rings. The smallest absolute Gasteiger partial charge is 0.268 e. The van der Waals surface area contributed by atoms with Crippen molar-refractivity contribution in [2.45, 2.75) is 38.1 Å². The average molecular weight is 305 g/mol. The Labute approximate surface area is 127 Å². The van der Waals surface area contributed by atoms with Gasteiger partial charge in [0.1, 0.15) is 5.69 Å². The van der Waals surface area contributed by atoms with E-state index < -0.39 is 5.54 Å². The van der Waals surface area contributed by atoms with Crippen LogP contribution < -0.4 is 5.32 Å². The van der Waals surface area contributed by atoms with E-state index in [0.29, 0.717) is 5.69 Å². The van der Waals surface area contributed by atoms with Crippen LogP contribution in [0.25, 0.3) is 11.3 Å². The Hall–Kier alpha value is -1.66. The SMILES string of the molecule is Cc1nc(-c2c[nH]c(C(=O)NC3(CO)CCCC3)c2)cs1. The van der Waals surface area contributed by atoms with Crippen molar-refractivity contribution in [1.29, 1.82) is 0 Å². The summed E-state index contributed by atoms with van der Waals surface area (Å²) in [7, 11) is 0. The largest absolute Gasteiger partial charge is 0.394 e. The summed E-state index contributed by atoms with van der Waals surface area (Å²) in [6.07, 6.45) is 5.58. The second-order valence-corrected chi connectivity index (χ2v) is 6.72. The van der Waals surface area contributed by atoms with Gasteiger partial charge in [-0.1, -0.05) is 12.8 Å². The van der Waals surface area contributed by atoms with Crippen molar-refractivity contribution in [2.24, 2.45) is 0 Å². The van der Waals surface area contributed by atoms with Crippen LogP contribution in [0, 0.1) is 6.92 Å². The van der Waals surface area contributed by atoms with Crippen LogP contribution in [-0.4, -0.2) is 33.1 Å². The lowest BCUT2D eigenvalue weighted by atomic mass is 9.99. The van der Waals surface area contributed by atoms with E-state index in [2.05, 4.69) is 15.3 Å². The van der Waals surface area contributed by atoms with E-state index in [-0.39, 0.29) is 12.5 Å². The van der Waals surface area contributed by atoms with Gasteiger partial charge in [-0.2, -0.15) is 0 Å². The molecule has 0 unspecified atom stereocenters. The fourth-order valence-electron chi connectivity index (χ4n) is 2.85. The number of aryl methyl sites for hydroxylation is 1. The molecular formula is C15H19N3O2S. The van der Waals surface area contributed by atoms with Crippen LogP contribution in [0.2, 0.25) is 0 Å². The van der Waals surface area contributed by atoms with Crippen LogP contribution in [0.15, 0.2) is 17.6 Å². The van der Waals surface area contributed by atoms with Crippen molar-refractivity contribution in [3.8, 4) is 11.3 Å². The molecule has 0 saturated heterocycles. The molecule has 3 rings (SSSR count). The fourth-order valence-corrected chi connectivity index (χ4v) is 3.47. The molecule has 112 valence electrons. The first-order valence-corrected chi connectivity index (χ1v) is 8.04. The van der Waals surface area contributed by atoms with Gasteiger partial charge in [0.2, 0.25) is 0 Å². The Morgan fingerprint density at radius 2 is 2.29 bits per heavy atom. The standard InChI is InChI=1S/C15H19N3O2S/c1-10-17-13(8-21-10)11-6-12(16-7-11)14(20)18-15(9-19)4-2-3-5-15/h6-8,16,19H,2-5,9H2,1H3,(H,18,20). The molecule has 21 heavy (non-hydrogen) atoms. The van der Waals surface area contributed by atoms with Crippen molar-refractivity contribution in [2.75, 3.05) is 6.61 Å². The van der Waals surface area contributed by atoms with Gasteiger partial charge in [-0.05, 0) is 25.8 Å². The number of aromatic nitrogens is 2. The first-order valence-electron chi connectivity index (χ1n) is 7.16. The lowest BCUT2D eigenvalue weighted by Crippen LogP contribution is -2.49. The van der Waals surface area contributed by atoms with E-state index in [1.54, 1.807) is 17.5 Å². The summed E-state index contributed by atoms with van der Waals surface area (Å²) in [6, 6.07) is 1.81. The lowest BCUT2D eigenvalue weighted by molar-refractivity contribution is 0.0834. The third-order valence-corrected chi connectivity index (χ3v) is 4.86. The van der Waals surface area contributed by atoms with Crippen molar-refractivity contribution in [1.82, 2.24) is 15.3 Å². The highest BCUT2D eigenvalue weighted by Gasteiger charge is 2.35. The van der Waals surface area contributed by atoms with E-state index in [0.717, 1.165) is 41.9 Å². The first-order chi connectivity index (χ1) is 10.1. The predicted molar refractivity (Wildman–Crippen MR) is 82.4 cm³/mol. The lowest BCUT2D eigenvalue weighted by Gasteiger charge is -2.27. The van der Waals surface area contributed by atoms with Gasteiger partial charge in [-0.15, -0.1) is 11.3 Å². The molecule has 1 aliphatic rings. The summed E-state index contributed by atoms with van der Waals surface area (Å²) in [5.41, 5.74) is 1.86. The molecular weight excluding hydrogens is 286 g/mol. The Kier molecular flexibility index (Phi) is 3.82. The molecule has 0 spiro atoms. The molecule has 2 aromatic rings. The average Bonchev–Trinajstić information content (AvgIpc) is 3.18. The monoisotopic (exact) mass is 305 g/mol. The molecule has 5 nitrogen and oxygen atoms in total. The second-order valence-electron chi connectivity index (χ2n) is 5.65. The van der Waals surface area contributed by atoms with Crippen molar-refractivity contribution in [3.63, 3.8) is 0 Å². The molecule has 1 aliphatic carbocycles. The summed E-state index contributed by atoms with van der Waals surface area (Å²) in [5.74, 6) is -0.163. The van der Waals surface area contributed by atoms with Crippen molar-refractivity contribution in [3.05, 3.63) is 28.3 Å². The van der Waals surface area contributed by atoms with E-state index in [1.165, 1.54) is 0 Å². The van der Waals surface area contributed by atoms with E-state index in [1.807, 2.05) is 18.4 Å². The topological polar surface area (TPSA) is 78.0 Å². The minimum atomic E-state index is -0.445. The number of aliphatic hydroxyl groups excluding tert-OH is 1. The van der Waals surface area contributed by atoms with Gasteiger partial charge < -0.3 is 15.4 Å². The summed E-state index contributed by atoms with van der Waals surface area (Å²) < 4.78 is 0. The number of thiazole rings is 1. The molecule has 0 bridgehead atoms. The third-order valence-electron chi connectivity index (χ3n) is 4.08. The fraction of sp³-hybridized carbons (Fsp3) is 0.467. The van der Waals surface area contributed by atoms with Crippen LogP contribution in [0.4, 0.5) is 0 Å². The van der Waals surface area contributed by atoms with Gasteiger partial charge in [0.05, 0.1) is 22.8 Å². The predicted octanol–water partition coefficient (Wildman–Crippen LogP) is 2.48. The Morgan fingerprint density at radius 3 is 2.90 bits per heavy atom. The highest BCUT2D eigenvalue weighted by molar-refractivity contribution is 7.09. The Morgan fingerprint density at radius 1 is 1.52 bits per heavy atom. The summed E-state index contributed by atoms with van der Waals surface area (Å²) in [6.45, 7) is 1.96. The van der Waals surface area contributed by atoms with Crippen LogP contribution in [-0.2, 0) is 0 Å². The number of H-pyrrole nitrogens is 1. The molecule has 0 radical (unpaired) electrons. The number of hydrogen-bond donors (Lipinski definition) is 3. The summed E-state index contributed by atoms with van der Waals surface area (Å²) in [4.78, 5) is 19.8.